The van der Waals surface area contributed by atoms with Gasteiger partial charge in [0.2, 0.25) is 0 Å². The minimum Gasteiger partial charge on any atom is -0.322 e. The molecule has 0 radical (unpaired) electrons. The minimum absolute atomic E-state index is 0.212. The molecule has 2 N–H and O–H groups in total. The molecule has 2 rings (SSSR count). The lowest BCUT2D eigenvalue weighted by Crippen LogP contribution is -2.30. The number of aryl methyl sites for hydroxylation is 1. The van der Waals surface area contributed by atoms with Crippen molar-refractivity contribution in [1.29, 1.82) is 5.26 Å². The highest BCUT2D eigenvalue weighted by Gasteiger charge is 2.11. The molecule has 0 fully saturated rings. The molecule has 1 aromatic carbocycles. The number of aromatic amines is 1. The van der Waals surface area contributed by atoms with Crippen molar-refractivity contribution in [2.24, 2.45) is 0 Å². The molecule has 0 aliphatic heterocycles. The van der Waals surface area contributed by atoms with Gasteiger partial charge in [0.1, 0.15) is 0 Å². The third-order valence-corrected chi connectivity index (χ3v) is 3.21. The summed E-state index contributed by atoms with van der Waals surface area (Å²) in [6, 6.07) is 10.6. The van der Waals surface area contributed by atoms with Crippen LogP contribution in [0.5, 0.6) is 0 Å². The van der Waals surface area contributed by atoms with E-state index < -0.39 is 0 Å². The summed E-state index contributed by atoms with van der Waals surface area (Å²) in [7, 11) is 1.72. The van der Waals surface area contributed by atoms with Crippen molar-refractivity contribution in [3.05, 3.63) is 47.3 Å². The maximum absolute atomic E-state index is 12.1. The fraction of sp³-hybridized carbons (Fsp3) is 0.312. The van der Waals surface area contributed by atoms with Gasteiger partial charge in [0.15, 0.2) is 0 Å². The van der Waals surface area contributed by atoms with Gasteiger partial charge in [-0.2, -0.15) is 10.4 Å². The predicted octanol–water partition coefficient (Wildman–Crippen LogP) is 2.90. The monoisotopic (exact) mass is 297 g/mol. The molecule has 22 heavy (non-hydrogen) atoms. The summed E-state index contributed by atoms with van der Waals surface area (Å²) in [6.07, 6.45) is 1.97. The second-order valence-electron chi connectivity index (χ2n) is 5.11. The van der Waals surface area contributed by atoms with Gasteiger partial charge in [-0.3, -0.25) is 5.10 Å². The first-order chi connectivity index (χ1) is 10.6. The topological polar surface area (TPSA) is 84.8 Å². The summed E-state index contributed by atoms with van der Waals surface area (Å²) in [6.45, 7) is 2.56. The lowest BCUT2D eigenvalue weighted by Gasteiger charge is -2.17. The number of aromatic nitrogens is 2. The number of hydrogen-bond acceptors (Lipinski definition) is 3. The number of rotatable bonds is 5. The number of amides is 2. The summed E-state index contributed by atoms with van der Waals surface area (Å²) >= 11 is 0. The summed E-state index contributed by atoms with van der Waals surface area (Å²) in [5, 5.41) is 18.7. The smallest absolute Gasteiger partial charge is 0.321 e. The van der Waals surface area contributed by atoms with Gasteiger partial charge in [-0.1, -0.05) is 13.3 Å². The van der Waals surface area contributed by atoms with Gasteiger partial charge in [0.05, 0.1) is 29.6 Å². The van der Waals surface area contributed by atoms with E-state index in [1.165, 1.54) is 0 Å². The van der Waals surface area contributed by atoms with Crippen molar-refractivity contribution < 1.29 is 4.79 Å². The molecule has 0 bridgehead atoms. The number of nitrogens with one attached hydrogen (secondary N) is 2. The van der Waals surface area contributed by atoms with Gasteiger partial charge in [-0.25, -0.2) is 4.79 Å². The molecule has 0 spiro atoms. The van der Waals surface area contributed by atoms with Crippen LogP contribution in [0.2, 0.25) is 0 Å². The van der Waals surface area contributed by atoms with E-state index in [4.69, 9.17) is 5.26 Å². The van der Waals surface area contributed by atoms with Gasteiger partial charge in [0.25, 0.3) is 0 Å². The van der Waals surface area contributed by atoms with Crippen molar-refractivity contribution in [3.8, 4) is 6.07 Å². The first-order valence-corrected chi connectivity index (χ1v) is 7.17. The predicted molar refractivity (Wildman–Crippen MR) is 84.2 cm³/mol. The van der Waals surface area contributed by atoms with Crippen molar-refractivity contribution in [2.45, 2.75) is 26.3 Å². The highest BCUT2D eigenvalue weighted by molar-refractivity contribution is 5.89. The van der Waals surface area contributed by atoms with E-state index in [9.17, 15) is 4.79 Å². The Balaban J connectivity index is 1.91. The summed E-state index contributed by atoms with van der Waals surface area (Å²) in [4.78, 5) is 13.7. The van der Waals surface area contributed by atoms with Gasteiger partial charge in [0, 0.05) is 12.7 Å². The number of hydrogen-bond donors (Lipinski definition) is 2. The summed E-state index contributed by atoms with van der Waals surface area (Å²) in [5.74, 6) is 0. The SMILES string of the molecule is CCCc1cc(CN(C)C(=O)Nc2ccc(C#N)cc2)[nH]n1. The van der Waals surface area contributed by atoms with Gasteiger partial charge < -0.3 is 10.2 Å². The molecule has 0 aliphatic carbocycles. The highest BCUT2D eigenvalue weighted by atomic mass is 16.2. The van der Waals surface area contributed by atoms with E-state index in [0.717, 1.165) is 24.2 Å². The molecule has 1 aromatic heterocycles. The number of nitrogens with zero attached hydrogens (tertiary/aromatic N) is 3. The van der Waals surface area contributed by atoms with Gasteiger partial charge >= 0.3 is 6.03 Å². The van der Waals surface area contributed by atoms with E-state index in [-0.39, 0.29) is 6.03 Å². The molecule has 6 nitrogen and oxygen atoms in total. The molecule has 0 saturated heterocycles. The quantitative estimate of drug-likeness (QED) is 0.889. The van der Waals surface area contributed by atoms with E-state index >= 15 is 0 Å². The molecule has 0 unspecified atom stereocenters. The van der Waals surface area contributed by atoms with Crippen LogP contribution < -0.4 is 5.32 Å². The Hall–Kier alpha value is -2.81. The number of carbonyl (C=O) groups is 1. The zero-order valence-corrected chi connectivity index (χ0v) is 12.8. The first kappa shape index (κ1) is 15.6. The maximum atomic E-state index is 12.1. The van der Waals surface area contributed by atoms with Crippen LogP contribution in [0, 0.1) is 11.3 Å². The van der Waals surface area contributed by atoms with Gasteiger partial charge in [-0.05, 0) is 36.8 Å². The standard InChI is InChI=1S/C16H19N5O/c1-3-4-14-9-15(20-19-14)11-21(2)16(22)18-13-7-5-12(10-17)6-8-13/h5-9H,3-4,11H2,1-2H3,(H,18,22)(H,19,20). The average molecular weight is 297 g/mol. The molecule has 2 aromatic rings. The Morgan fingerprint density at radius 1 is 1.41 bits per heavy atom. The first-order valence-electron chi connectivity index (χ1n) is 7.17. The van der Waals surface area contributed by atoms with Gasteiger partial charge in [-0.15, -0.1) is 0 Å². The minimum atomic E-state index is -0.212. The Morgan fingerprint density at radius 2 is 2.14 bits per heavy atom. The van der Waals surface area contributed by atoms with Crippen LogP contribution in [-0.2, 0) is 13.0 Å². The summed E-state index contributed by atoms with van der Waals surface area (Å²) in [5.41, 5.74) is 3.14. The number of carbonyl (C=O) groups excluding carboxylic acids is 1. The van der Waals surface area contributed by atoms with Crippen LogP contribution in [0.15, 0.2) is 30.3 Å². The molecule has 1 heterocycles. The zero-order valence-electron chi connectivity index (χ0n) is 12.8. The Kier molecular flexibility index (Phi) is 5.15. The number of benzene rings is 1. The molecular formula is C16H19N5O. The van der Waals surface area contributed by atoms with Crippen molar-refractivity contribution in [3.63, 3.8) is 0 Å². The highest BCUT2D eigenvalue weighted by Crippen LogP contribution is 2.11. The van der Waals surface area contributed by atoms with Crippen molar-refractivity contribution >= 4 is 11.7 Å². The molecular weight excluding hydrogens is 278 g/mol. The molecule has 2 amide bonds. The molecule has 6 heteroatoms. The third-order valence-electron chi connectivity index (χ3n) is 3.21. The second kappa shape index (κ2) is 7.27. The van der Waals surface area contributed by atoms with Crippen molar-refractivity contribution in [1.82, 2.24) is 15.1 Å². The Labute approximate surface area is 129 Å². The zero-order chi connectivity index (χ0) is 15.9. The van der Waals surface area contributed by atoms with E-state index in [2.05, 4.69) is 22.4 Å². The molecule has 0 aliphatic rings. The number of anilines is 1. The largest absolute Gasteiger partial charge is 0.322 e. The maximum Gasteiger partial charge on any atom is 0.321 e. The van der Waals surface area contributed by atoms with Crippen molar-refractivity contribution in [2.75, 3.05) is 12.4 Å². The van der Waals surface area contributed by atoms with E-state index in [0.29, 0.717) is 17.8 Å². The van der Waals surface area contributed by atoms with Crippen LogP contribution in [0.3, 0.4) is 0 Å². The molecule has 0 saturated carbocycles. The van der Waals surface area contributed by atoms with Crippen LogP contribution in [0.1, 0.15) is 30.3 Å². The molecule has 0 atom stereocenters. The fourth-order valence-corrected chi connectivity index (χ4v) is 2.05. The molecule has 114 valence electrons. The lowest BCUT2D eigenvalue weighted by molar-refractivity contribution is 0.220. The fourth-order valence-electron chi connectivity index (χ4n) is 2.05. The van der Waals surface area contributed by atoms with Crippen LogP contribution in [0.4, 0.5) is 10.5 Å². The van der Waals surface area contributed by atoms with Crippen LogP contribution in [0.25, 0.3) is 0 Å². The van der Waals surface area contributed by atoms with Crippen LogP contribution in [-0.4, -0.2) is 28.2 Å². The van der Waals surface area contributed by atoms with E-state index in [1.807, 2.05) is 12.1 Å². The normalized spacial score (nSPS) is 10.0. The number of H-pyrrole nitrogens is 1. The Morgan fingerprint density at radius 3 is 2.77 bits per heavy atom. The van der Waals surface area contributed by atoms with Crippen LogP contribution >= 0.6 is 0 Å². The number of nitriles is 1. The Bertz CT molecular complexity index is 669. The summed E-state index contributed by atoms with van der Waals surface area (Å²) < 4.78 is 0. The average Bonchev–Trinajstić information content (AvgIpc) is 2.95. The second-order valence-corrected chi connectivity index (χ2v) is 5.11. The third kappa shape index (κ3) is 4.09. The lowest BCUT2D eigenvalue weighted by atomic mass is 10.2. The number of urea groups is 1. The van der Waals surface area contributed by atoms with E-state index in [1.54, 1.807) is 36.2 Å².